The molecule has 0 saturated heterocycles. The van der Waals surface area contributed by atoms with Crippen LogP contribution >= 0.6 is 23.2 Å². The van der Waals surface area contributed by atoms with Gasteiger partial charge in [-0.25, -0.2) is 4.79 Å². The molecule has 3 nitrogen and oxygen atoms in total. The van der Waals surface area contributed by atoms with Crippen LogP contribution < -0.4 is 5.32 Å². The van der Waals surface area contributed by atoms with Crippen molar-refractivity contribution in [3.05, 3.63) is 63.6 Å². The molecule has 2 aromatic rings. The third-order valence-corrected chi connectivity index (χ3v) is 3.93. The lowest BCUT2D eigenvalue weighted by Crippen LogP contribution is -2.31. The normalized spacial score (nSPS) is 10.3. The molecule has 0 atom stereocenters. The van der Waals surface area contributed by atoms with Crippen LogP contribution in [0.1, 0.15) is 11.1 Å². The molecule has 0 heterocycles. The molecule has 2 aromatic carbocycles. The summed E-state index contributed by atoms with van der Waals surface area (Å²) in [5.74, 6) is 0. The molecule has 2 rings (SSSR count). The van der Waals surface area contributed by atoms with Gasteiger partial charge in [-0.1, -0.05) is 47.5 Å². The minimum absolute atomic E-state index is 0.198. The summed E-state index contributed by atoms with van der Waals surface area (Å²) in [6.07, 6.45) is 0. The molecule has 0 spiro atoms. The Balaban J connectivity index is 2.02. The highest BCUT2D eigenvalue weighted by molar-refractivity contribution is 6.42. The smallest absolute Gasteiger partial charge is 0.321 e. The van der Waals surface area contributed by atoms with Crippen LogP contribution in [0.4, 0.5) is 10.5 Å². The second kappa shape index (κ2) is 6.83. The summed E-state index contributed by atoms with van der Waals surface area (Å²) in [5.41, 5.74) is 2.89. The van der Waals surface area contributed by atoms with Crippen molar-refractivity contribution in [1.82, 2.24) is 4.90 Å². The summed E-state index contributed by atoms with van der Waals surface area (Å²) in [4.78, 5) is 13.8. The number of hydrogen-bond acceptors (Lipinski definition) is 1. The number of carbonyl (C=O) groups is 1. The van der Waals surface area contributed by atoms with Gasteiger partial charge in [-0.05, 0) is 36.2 Å². The van der Waals surface area contributed by atoms with Crippen molar-refractivity contribution in [3.8, 4) is 0 Å². The molecular formula is C16H16Cl2N2O. The molecule has 0 aliphatic rings. The standard InChI is InChI=1S/C16H16Cl2N2O/c1-11-5-3-4-6-12(11)10-20(2)16(21)19-13-7-8-14(17)15(18)9-13/h3-9H,10H2,1-2H3,(H,19,21). The summed E-state index contributed by atoms with van der Waals surface area (Å²) >= 11 is 11.8. The fraction of sp³-hybridized carbons (Fsp3) is 0.188. The number of hydrogen-bond donors (Lipinski definition) is 1. The van der Waals surface area contributed by atoms with Gasteiger partial charge in [0, 0.05) is 19.3 Å². The Morgan fingerprint density at radius 3 is 2.52 bits per heavy atom. The first kappa shape index (κ1) is 15.7. The quantitative estimate of drug-likeness (QED) is 0.850. The number of rotatable bonds is 3. The zero-order chi connectivity index (χ0) is 15.4. The van der Waals surface area contributed by atoms with Crippen molar-refractivity contribution in [2.24, 2.45) is 0 Å². The van der Waals surface area contributed by atoms with E-state index in [4.69, 9.17) is 23.2 Å². The lowest BCUT2D eigenvalue weighted by Gasteiger charge is -2.19. The first-order valence-electron chi connectivity index (χ1n) is 6.49. The topological polar surface area (TPSA) is 32.3 Å². The highest BCUT2D eigenvalue weighted by Gasteiger charge is 2.11. The Morgan fingerprint density at radius 2 is 1.86 bits per heavy atom. The van der Waals surface area contributed by atoms with Crippen LogP contribution in [0.2, 0.25) is 10.0 Å². The van der Waals surface area contributed by atoms with E-state index in [0.29, 0.717) is 22.3 Å². The predicted octanol–water partition coefficient (Wildman–Crippen LogP) is 4.97. The SMILES string of the molecule is Cc1ccccc1CN(C)C(=O)Nc1ccc(Cl)c(Cl)c1. The zero-order valence-corrected chi connectivity index (χ0v) is 13.4. The van der Waals surface area contributed by atoms with Gasteiger partial charge < -0.3 is 10.2 Å². The molecule has 0 radical (unpaired) electrons. The van der Waals surface area contributed by atoms with Gasteiger partial charge in [0.25, 0.3) is 0 Å². The van der Waals surface area contributed by atoms with Gasteiger partial charge in [0.15, 0.2) is 0 Å². The third kappa shape index (κ3) is 4.13. The summed E-state index contributed by atoms with van der Waals surface area (Å²) in [6, 6.07) is 12.8. The third-order valence-electron chi connectivity index (χ3n) is 3.19. The molecular weight excluding hydrogens is 307 g/mol. The van der Waals surface area contributed by atoms with Crippen molar-refractivity contribution < 1.29 is 4.79 Å². The maximum Gasteiger partial charge on any atom is 0.321 e. The Kier molecular flexibility index (Phi) is 5.10. The van der Waals surface area contributed by atoms with E-state index in [1.54, 1.807) is 30.1 Å². The first-order valence-corrected chi connectivity index (χ1v) is 7.24. The fourth-order valence-electron chi connectivity index (χ4n) is 1.91. The number of benzene rings is 2. The number of halogens is 2. The summed E-state index contributed by atoms with van der Waals surface area (Å²) in [7, 11) is 1.75. The van der Waals surface area contributed by atoms with Gasteiger partial charge in [0.05, 0.1) is 10.0 Å². The van der Waals surface area contributed by atoms with Crippen LogP contribution in [0, 0.1) is 6.92 Å². The minimum atomic E-state index is -0.198. The molecule has 0 aliphatic carbocycles. The molecule has 0 fully saturated rings. The van der Waals surface area contributed by atoms with Gasteiger partial charge in [-0.3, -0.25) is 0 Å². The lowest BCUT2D eigenvalue weighted by atomic mass is 10.1. The van der Waals surface area contributed by atoms with Crippen molar-refractivity contribution in [3.63, 3.8) is 0 Å². The molecule has 110 valence electrons. The Bertz CT molecular complexity index is 658. The van der Waals surface area contributed by atoms with Gasteiger partial charge in [-0.2, -0.15) is 0 Å². The van der Waals surface area contributed by atoms with Crippen molar-refractivity contribution >= 4 is 34.9 Å². The Hall–Kier alpha value is -1.71. The van der Waals surface area contributed by atoms with Crippen molar-refractivity contribution in [1.29, 1.82) is 0 Å². The molecule has 1 N–H and O–H groups in total. The number of amides is 2. The van der Waals surface area contributed by atoms with Gasteiger partial charge in [0.1, 0.15) is 0 Å². The van der Waals surface area contributed by atoms with Gasteiger partial charge >= 0.3 is 6.03 Å². The van der Waals surface area contributed by atoms with Gasteiger partial charge in [-0.15, -0.1) is 0 Å². The van der Waals surface area contributed by atoms with E-state index in [0.717, 1.165) is 11.1 Å². The fourth-order valence-corrected chi connectivity index (χ4v) is 2.21. The van der Waals surface area contributed by atoms with Crippen LogP contribution in [-0.2, 0) is 6.54 Å². The highest BCUT2D eigenvalue weighted by Crippen LogP contribution is 2.25. The number of anilines is 1. The number of urea groups is 1. The second-order valence-electron chi connectivity index (χ2n) is 4.84. The van der Waals surface area contributed by atoms with E-state index in [-0.39, 0.29) is 6.03 Å². The zero-order valence-electron chi connectivity index (χ0n) is 11.9. The lowest BCUT2D eigenvalue weighted by molar-refractivity contribution is 0.220. The summed E-state index contributed by atoms with van der Waals surface area (Å²) < 4.78 is 0. The maximum absolute atomic E-state index is 12.2. The van der Waals surface area contributed by atoms with Crippen molar-refractivity contribution in [2.75, 3.05) is 12.4 Å². The molecule has 5 heteroatoms. The minimum Gasteiger partial charge on any atom is -0.323 e. The molecule has 2 amide bonds. The Labute approximate surface area is 134 Å². The number of aryl methyl sites for hydroxylation is 1. The van der Waals surface area contributed by atoms with E-state index < -0.39 is 0 Å². The molecule has 0 bridgehead atoms. The molecule has 0 unspecified atom stereocenters. The average molecular weight is 323 g/mol. The maximum atomic E-state index is 12.2. The van der Waals surface area contributed by atoms with Crippen LogP contribution in [0.3, 0.4) is 0 Å². The van der Waals surface area contributed by atoms with Crippen molar-refractivity contribution in [2.45, 2.75) is 13.5 Å². The van der Waals surface area contributed by atoms with Crippen LogP contribution in [0.15, 0.2) is 42.5 Å². The molecule has 0 saturated carbocycles. The van der Waals surface area contributed by atoms with E-state index in [9.17, 15) is 4.79 Å². The first-order chi connectivity index (χ1) is 9.97. The average Bonchev–Trinajstić information content (AvgIpc) is 2.45. The Morgan fingerprint density at radius 1 is 1.14 bits per heavy atom. The monoisotopic (exact) mass is 322 g/mol. The van der Waals surface area contributed by atoms with E-state index >= 15 is 0 Å². The van der Waals surface area contributed by atoms with E-state index in [2.05, 4.69) is 5.32 Å². The summed E-state index contributed by atoms with van der Waals surface area (Å²) in [5, 5.41) is 3.67. The van der Waals surface area contributed by atoms with Crippen LogP contribution in [0.25, 0.3) is 0 Å². The largest absolute Gasteiger partial charge is 0.323 e. The molecule has 0 aliphatic heterocycles. The highest BCUT2D eigenvalue weighted by atomic mass is 35.5. The number of nitrogens with one attached hydrogen (secondary N) is 1. The number of nitrogens with zero attached hydrogens (tertiary/aromatic N) is 1. The van der Waals surface area contributed by atoms with Crippen LogP contribution in [-0.4, -0.2) is 18.0 Å². The second-order valence-corrected chi connectivity index (χ2v) is 5.66. The van der Waals surface area contributed by atoms with Crippen LogP contribution in [0.5, 0.6) is 0 Å². The predicted molar refractivity (Wildman–Crippen MR) is 88.1 cm³/mol. The van der Waals surface area contributed by atoms with E-state index in [1.807, 2.05) is 31.2 Å². The molecule has 0 aromatic heterocycles. The summed E-state index contributed by atoms with van der Waals surface area (Å²) in [6.45, 7) is 2.57. The molecule has 21 heavy (non-hydrogen) atoms. The van der Waals surface area contributed by atoms with E-state index in [1.165, 1.54) is 0 Å². The van der Waals surface area contributed by atoms with Gasteiger partial charge in [0.2, 0.25) is 0 Å². The number of carbonyl (C=O) groups excluding carboxylic acids is 1.